The summed E-state index contributed by atoms with van der Waals surface area (Å²) >= 11 is 5.96. The van der Waals surface area contributed by atoms with Gasteiger partial charge in [0.25, 0.3) is 0 Å². The van der Waals surface area contributed by atoms with Crippen LogP contribution in [0.1, 0.15) is 43.0 Å². The second-order valence-electron chi connectivity index (χ2n) is 5.56. The number of carboxylic acid groups (broad SMARTS) is 1. The van der Waals surface area contributed by atoms with Crippen molar-refractivity contribution in [3.05, 3.63) is 28.8 Å². The van der Waals surface area contributed by atoms with E-state index in [9.17, 15) is 9.59 Å². The average molecular weight is 311 g/mol. The molecule has 0 radical (unpaired) electrons. The molecule has 1 fully saturated rings. The third kappa shape index (κ3) is 4.11. The minimum Gasteiger partial charge on any atom is -0.478 e. The lowest BCUT2D eigenvalue weighted by atomic mass is 10.0. The monoisotopic (exact) mass is 310 g/mol. The van der Waals surface area contributed by atoms with Gasteiger partial charge in [-0.2, -0.15) is 0 Å². The smallest absolute Gasteiger partial charge is 0.335 e. The zero-order chi connectivity index (χ0) is 15.5. The fourth-order valence-corrected chi connectivity index (χ4v) is 2.63. The number of carboxylic acids is 1. The molecule has 0 bridgehead atoms. The van der Waals surface area contributed by atoms with Crippen LogP contribution in [-0.2, 0) is 0 Å². The first-order valence-corrected chi connectivity index (χ1v) is 7.41. The summed E-state index contributed by atoms with van der Waals surface area (Å²) in [5.41, 5.74) is 0.772. The fourth-order valence-electron chi connectivity index (χ4n) is 2.41. The molecule has 21 heavy (non-hydrogen) atoms. The van der Waals surface area contributed by atoms with Gasteiger partial charge in [0.1, 0.15) is 0 Å². The Morgan fingerprint density at radius 3 is 2.62 bits per heavy atom. The number of aromatic carboxylic acids is 1. The lowest BCUT2D eigenvalue weighted by molar-refractivity contribution is 0.0697. The van der Waals surface area contributed by atoms with E-state index >= 15 is 0 Å². The van der Waals surface area contributed by atoms with Gasteiger partial charge < -0.3 is 15.7 Å². The first-order valence-electron chi connectivity index (χ1n) is 7.03. The third-order valence-electron chi connectivity index (χ3n) is 3.83. The lowest BCUT2D eigenvalue weighted by Crippen LogP contribution is -2.33. The van der Waals surface area contributed by atoms with E-state index in [1.54, 1.807) is 0 Å². The van der Waals surface area contributed by atoms with Crippen LogP contribution >= 0.6 is 11.6 Å². The van der Waals surface area contributed by atoms with Gasteiger partial charge in [-0.15, -0.1) is 0 Å². The maximum Gasteiger partial charge on any atom is 0.335 e. The molecule has 6 heteroatoms. The van der Waals surface area contributed by atoms with Gasteiger partial charge in [0, 0.05) is 6.54 Å². The number of hydrogen-bond acceptors (Lipinski definition) is 2. The first kappa shape index (κ1) is 15.6. The van der Waals surface area contributed by atoms with Crippen LogP contribution in [0.3, 0.4) is 0 Å². The standard InChI is InChI=1S/C15H19ClN2O3/c1-2-5-15(6-7-15)9-17-14(21)18-12-4-3-10(13(19)20)8-11(12)16/h3-4,8H,2,5-7,9H2,1H3,(H,19,20)(H2,17,18,21). The number of benzene rings is 1. The second-order valence-corrected chi connectivity index (χ2v) is 5.96. The van der Waals surface area contributed by atoms with Gasteiger partial charge in [-0.25, -0.2) is 9.59 Å². The number of carbonyl (C=O) groups excluding carboxylic acids is 1. The number of carbonyl (C=O) groups is 2. The van der Waals surface area contributed by atoms with Crippen molar-refractivity contribution < 1.29 is 14.7 Å². The molecule has 2 amide bonds. The molecule has 1 aromatic carbocycles. The van der Waals surface area contributed by atoms with Crippen LogP contribution in [0.5, 0.6) is 0 Å². The molecule has 1 saturated carbocycles. The summed E-state index contributed by atoms with van der Waals surface area (Å²) in [6, 6.07) is 3.90. The van der Waals surface area contributed by atoms with Crippen molar-refractivity contribution in [2.45, 2.75) is 32.6 Å². The van der Waals surface area contributed by atoms with Crippen molar-refractivity contribution >= 4 is 29.3 Å². The molecule has 114 valence electrons. The van der Waals surface area contributed by atoms with E-state index in [4.69, 9.17) is 16.7 Å². The van der Waals surface area contributed by atoms with E-state index < -0.39 is 5.97 Å². The van der Waals surface area contributed by atoms with E-state index in [2.05, 4.69) is 17.6 Å². The quantitative estimate of drug-likeness (QED) is 0.749. The molecule has 1 aliphatic rings. The summed E-state index contributed by atoms with van der Waals surface area (Å²) in [6.45, 7) is 2.81. The molecule has 5 nitrogen and oxygen atoms in total. The summed E-state index contributed by atoms with van der Waals surface area (Å²) < 4.78 is 0. The van der Waals surface area contributed by atoms with Crippen molar-refractivity contribution in [1.82, 2.24) is 5.32 Å². The van der Waals surface area contributed by atoms with Crippen molar-refractivity contribution in [3.63, 3.8) is 0 Å². The topological polar surface area (TPSA) is 78.4 Å². The summed E-state index contributed by atoms with van der Waals surface area (Å²) in [4.78, 5) is 22.7. The Hall–Kier alpha value is -1.75. The van der Waals surface area contributed by atoms with Crippen molar-refractivity contribution in [2.75, 3.05) is 11.9 Å². The number of hydrogen-bond donors (Lipinski definition) is 3. The number of halogens is 1. The van der Waals surface area contributed by atoms with Crippen LogP contribution in [0.4, 0.5) is 10.5 Å². The molecule has 0 atom stereocenters. The average Bonchev–Trinajstić information content (AvgIpc) is 3.19. The molecule has 0 aromatic heterocycles. The van der Waals surface area contributed by atoms with E-state index in [0.717, 1.165) is 25.7 Å². The Morgan fingerprint density at radius 1 is 1.38 bits per heavy atom. The molecular weight excluding hydrogens is 292 g/mol. The number of amides is 2. The number of rotatable bonds is 6. The Morgan fingerprint density at radius 2 is 2.10 bits per heavy atom. The number of anilines is 1. The largest absolute Gasteiger partial charge is 0.478 e. The number of urea groups is 1. The molecule has 1 aliphatic carbocycles. The van der Waals surface area contributed by atoms with Gasteiger partial charge in [0.15, 0.2) is 0 Å². The van der Waals surface area contributed by atoms with Gasteiger partial charge in [-0.3, -0.25) is 0 Å². The van der Waals surface area contributed by atoms with E-state index in [-0.39, 0.29) is 22.0 Å². The van der Waals surface area contributed by atoms with Gasteiger partial charge in [0.05, 0.1) is 16.3 Å². The minimum absolute atomic E-state index is 0.0887. The normalized spacial score (nSPS) is 15.3. The zero-order valence-corrected chi connectivity index (χ0v) is 12.7. The van der Waals surface area contributed by atoms with Crippen LogP contribution in [-0.4, -0.2) is 23.7 Å². The molecule has 0 heterocycles. The molecule has 0 unspecified atom stereocenters. The summed E-state index contributed by atoms with van der Waals surface area (Å²) in [6.07, 6.45) is 4.57. The van der Waals surface area contributed by atoms with Crippen LogP contribution in [0.2, 0.25) is 5.02 Å². The van der Waals surface area contributed by atoms with Gasteiger partial charge in [0.2, 0.25) is 0 Å². The molecule has 1 aromatic rings. The highest BCUT2D eigenvalue weighted by atomic mass is 35.5. The fraction of sp³-hybridized carbons (Fsp3) is 0.467. The Bertz CT molecular complexity index is 556. The van der Waals surface area contributed by atoms with Crippen LogP contribution < -0.4 is 10.6 Å². The summed E-state index contributed by atoms with van der Waals surface area (Å²) in [5, 5.41) is 14.6. The maximum atomic E-state index is 11.9. The third-order valence-corrected chi connectivity index (χ3v) is 4.14. The van der Waals surface area contributed by atoms with Gasteiger partial charge in [-0.05, 0) is 42.9 Å². The highest BCUT2D eigenvalue weighted by Gasteiger charge is 2.41. The number of nitrogens with one attached hydrogen (secondary N) is 2. The van der Waals surface area contributed by atoms with Crippen molar-refractivity contribution in [1.29, 1.82) is 0 Å². The highest BCUT2D eigenvalue weighted by Crippen LogP contribution is 2.48. The summed E-state index contributed by atoms with van der Waals surface area (Å²) in [5.74, 6) is -1.05. The van der Waals surface area contributed by atoms with Crippen LogP contribution in [0.15, 0.2) is 18.2 Å². The van der Waals surface area contributed by atoms with Gasteiger partial charge in [-0.1, -0.05) is 24.9 Å². The summed E-state index contributed by atoms with van der Waals surface area (Å²) in [7, 11) is 0. The molecule has 2 rings (SSSR count). The highest BCUT2D eigenvalue weighted by molar-refractivity contribution is 6.34. The molecule has 0 spiro atoms. The zero-order valence-electron chi connectivity index (χ0n) is 11.9. The van der Waals surface area contributed by atoms with Crippen molar-refractivity contribution in [3.8, 4) is 0 Å². The molecular formula is C15H19ClN2O3. The molecule has 3 N–H and O–H groups in total. The second kappa shape index (κ2) is 6.35. The minimum atomic E-state index is -1.05. The van der Waals surface area contributed by atoms with Crippen LogP contribution in [0.25, 0.3) is 0 Å². The predicted molar refractivity (Wildman–Crippen MR) is 82.0 cm³/mol. The lowest BCUT2D eigenvalue weighted by Gasteiger charge is -2.15. The van der Waals surface area contributed by atoms with E-state index in [0.29, 0.717) is 12.2 Å². The van der Waals surface area contributed by atoms with Crippen molar-refractivity contribution in [2.24, 2.45) is 5.41 Å². The Balaban J connectivity index is 1.89. The SMILES string of the molecule is CCCC1(CNC(=O)Nc2ccc(C(=O)O)cc2Cl)CC1. The predicted octanol–water partition coefficient (Wildman–Crippen LogP) is 3.74. The molecule has 0 saturated heterocycles. The van der Waals surface area contributed by atoms with E-state index in [1.165, 1.54) is 18.2 Å². The van der Waals surface area contributed by atoms with Gasteiger partial charge >= 0.3 is 12.0 Å². The Labute approximate surface area is 128 Å². The maximum absolute atomic E-state index is 11.9. The van der Waals surface area contributed by atoms with Crippen LogP contribution in [0, 0.1) is 5.41 Å². The first-order chi connectivity index (χ1) is 9.96. The van der Waals surface area contributed by atoms with E-state index in [1.807, 2.05) is 0 Å². The Kier molecular flexibility index (Phi) is 4.73. The molecule has 0 aliphatic heterocycles.